The highest BCUT2D eigenvalue weighted by atomic mass is 16.5. The molecule has 36 nitrogen and oxygen atoms in total. The van der Waals surface area contributed by atoms with Crippen LogP contribution in [0.15, 0.2) is 223 Å². The molecule has 0 bridgehead atoms. The van der Waals surface area contributed by atoms with Gasteiger partial charge in [-0.3, -0.25) is 63.5 Å². The third kappa shape index (κ3) is 36.4. The third-order valence-corrected chi connectivity index (χ3v) is 25.1. The molecule has 0 N–H and O–H groups in total. The van der Waals surface area contributed by atoms with E-state index < -0.39 is 0 Å². The van der Waals surface area contributed by atoms with E-state index in [9.17, 15) is 0 Å². The van der Waals surface area contributed by atoms with E-state index in [0.29, 0.717) is 65.2 Å². The Labute approximate surface area is 881 Å². The second kappa shape index (κ2) is 58.7. The Morgan fingerprint density at radius 1 is 0.262 bits per heavy atom. The van der Waals surface area contributed by atoms with E-state index in [1.165, 1.54) is 51.4 Å². The van der Waals surface area contributed by atoms with Crippen LogP contribution >= 0.6 is 0 Å². The number of hydrogen-bond acceptors (Lipinski definition) is 30. The summed E-state index contributed by atoms with van der Waals surface area (Å²) in [6, 6.07) is 6.40. The van der Waals surface area contributed by atoms with Crippen LogP contribution < -0.4 is 19.6 Å². The van der Waals surface area contributed by atoms with Gasteiger partial charge in [-0.05, 0) is 168 Å². The van der Waals surface area contributed by atoms with Gasteiger partial charge in [0, 0.05) is 114 Å². The Hall–Kier alpha value is -14.7. The average molecular weight is 2020 g/mol. The van der Waals surface area contributed by atoms with Crippen LogP contribution in [0.2, 0.25) is 0 Å². The number of hydrogen-bond donors (Lipinski definition) is 0. The number of ether oxygens (including phenoxy) is 1. The van der Waals surface area contributed by atoms with Crippen LogP contribution in [0.5, 0.6) is 0 Å². The molecule has 4 aliphatic heterocycles. The Kier molecular flexibility index (Phi) is 45.2. The van der Waals surface area contributed by atoms with Crippen molar-refractivity contribution in [2.45, 2.75) is 290 Å². The smallest absolute Gasteiger partial charge is 0.171 e. The summed E-state index contributed by atoms with van der Waals surface area (Å²) in [4.78, 5) is 109. The molecule has 0 saturated carbocycles. The van der Waals surface area contributed by atoms with E-state index in [0.717, 1.165) is 197 Å². The molecule has 0 radical (unpaired) electrons. The minimum absolute atomic E-state index is 0.408. The molecule has 20 rings (SSSR count). The molecule has 36 heteroatoms. The molecule has 16 aromatic heterocycles. The van der Waals surface area contributed by atoms with Crippen LogP contribution in [0.3, 0.4) is 0 Å². The van der Waals surface area contributed by atoms with Crippen LogP contribution in [-0.4, -0.2) is 218 Å². The standard InChI is InChI=1S/2C13H21N3.C12H19N3.3C11H14N4.C11H17N3O.C11H13N3.2C10H12N4/c1-10(2)12-8-15-13(9-14-12)16-6-4-11(3)5-7-16;1-10(2)12-8-15-13(9-14-12)16-7-5-4-6-11(16)3;1-10(2)11-8-14-12(9-13-11)15-6-4-3-5-7-15;1-8(2)10-4-13-11(5-12-10)15-6-9(3)14-7-15;1-8(2)10-5-13-11(6-12-10)15-7-9(3)4-14-15;1-8(2)10-6-14-11(7-13-10)15-5-4-12-9(15)3;1-9(2)10-7-13-11(8-12-10)14-3-5-15-6-4-14;1-9(2)10-7-13-11(8-12-10)14-5-3-4-6-14;1-8(2)9-5-13-10(6-12-9)14-4-3-11-7-14;1-8(2)9-6-12-10(7-11-9)14-5-3-4-13-14/h2*8-11H,4-7H2,1-3H3;8-10H,3-7H2,1-2H3;3*4-8H,1-3H3;7-9H,3-6H2,1-2H3;3-9H,1-2H3;2*3-8H,1-2H3. The zero-order chi connectivity index (χ0) is 107. The fourth-order valence-corrected chi connectivity index (χ4v) is 15.3. The molecule has 0 amide bonds. The van der Waals surface area contributed by atoms with Gasteiger partial charge in [0.25, 0.3) is 0 Å². The van der Waals surface area contributed by atoms with Gasteiger partial charge in [0.1, 0.15) is 41.8 Å². The predicted octanol–water partition coefficient (Wildman–Crippen LogP) is 22.1. The SMILES string of the molecule is CC(C)c1cnc(-n2cccc2)cn1.CC(C)c1cnc(-n2cccn2)cn1.CC(C)c1cnc(-n2ccnc2)cn1.CC(C)c1cnc(N2CCCCC2)cn1.CC(C)c1cnc(N2CCCCC2C)cn1.CC(C)c1cnc(N2CCOCC2)cn1.CC1CCN(c2cnc(C(C)C)cn2)CC1.Cc1cn(-c2cnc(C(C)C)cn2)cn1.Cc1cnn(-c2cnc(C(C)C)cn2)c1.Cc1nccn1-c1cnc(C(C)C)cn1. The molecule has 0 aliphatic carbocycles. The van der Waals surface area contributed by atoms with Crippen LogP contribution in [0.25, 0.3) is 34.9 Å². The fourth-order valence-electron chi connectivity index (χ4n) is 15.3. The molecular formula is C113H157N35O. The zero-order valence-electron chi connectivity index (χ0n) is 92.3. The first kappa shape index (κ1) is 115. The van der Waals surface area contributed by atoms with E-state index >= 15 is 0 Å². The topological polar surface area (TPSA) is 374 Å². The number of piperidine rings is 3. The molecule has 1 unspecified atom stereocenters. The van der Waals surface area contributed by atoms with Gasteiger partial charge >= 0.3 is 0 Å². The fraction of sp³-hybridized carbons (Fsp3) is 0.478. The largest absolute Gasteiger partial charge is 0.378 e. The monoisotopic (exact) mass is 2020 g/mol. The van der Waals surface area contributed by atoms with E-state index in [4.69, 9.17) is 4.74 Å². The van der Waals surface area contributed by atoms with Gasteiger partial charge in [0.05, 0.1) is 206 Å². The van der Waals surface area contributed by atoms with Crippen molar-refractivity contribution in [2.75, 3.05) is 78.6 Å². The maximum Gasteiger partial charge on any atom is 0.171 e. The molecule has 1 atom stereocenters. The van der Waals surface area contributed by atoms with Gasteiger partial charge in [-0.25, -0.2) is 74.2 Å². The number of morpholine rings is 1. The Morgan fingerprint density at radius 2 is 0.624 bits per heavy atom. The molecule has 4 fully saturated rings. The number of nitrogens with zero attached hydrogens (tertiary/aromatic N) is 35. The molecule has 0 aromatic carbocycles. The number of rotatable bonds is 20. The highest BCUT2D eigenvalue weighted by molar-refractivity contribution is 5.41. The second-order valence-corrected chi connectivity index (χ2v) is 40.6. The summed E-state index contributed by atoms with van der Waals surface area (Å²) in [5.74, 6) is 15.0. The van der Waals surface area contributed by atoms with E-state index in [2.05, 4.69) is 297 Å². The van der Waals surface area contributed by atoms with Crippen LogP contribution in [0.1, 0.15) is 337 Å². The Bertz CT molecular complexity index is 5980. The summed E-state index contributed by atoms with van der Waals surface area (Å²) in [6.45, 7) is 61.9. The molecule has 149 heavy (non-hydrogen) atoms. The van der Waals surface area contributed by atoms with Gasteiger partial charge in [-0.1, -0.05) is 145 Å². The van der Waals surface area contributed by atoms with Crippen molar-refractivity contribution in [2.24, 2.45) is 5.92 Å². The lowest BCUT2D eigenvalue weighted by Gasteiger charge is -2.34. The first-order valence-corrected chi connectivity index (χ1v) is 52.7. The van der Waals surface area contributed by atoms with E-state index in [1.807, 2.05) is 169 Å². The Morgan fingerprint density at radius 3 is 0.960 bits per heavy atom. The molecule has 4 saturated heterocycles. The highest BCUT2D eigenvalue weighted by Gasteiger charge is 2.23. The lowest BCUT2D eigenvalue weighted by Crippen LogP contribution is -2.38. The summed E-state index contributed by atoms with van der Waals surface area (Å²) in [7, 11) is 0. The summed E-state index contributed by atoms with van der Waals surface area (Å²) >= 11 is 0. The Balaban J connectivity index is 0.000000157. The number of anilines is 4. The van der Waals surface area contributed by atoms with Gasteiger partial charge in [-0.15, -0.1) is 0 Å². The first-order chi connectivity index (χ1) is 71.7. The van der Waals surface area contributed by atoms with Crippen molar-refractivity contribution in [1.82, 2.24) is 152 Å². The summed E-state index contributed by atoms with van der Waals surface area (Å²) < 4.78 is 16.3. The summed E-state index contributed by atoms with van der Waals surface area (Å²) in [5, 5.41) is 8.25. The molecule has 4 aliphatic rings. The van der Waals surface area contributed by atoms with Crippen molar-refractivity contribution >= 4 is 23.3 Å². The van der Waals surface area contributed by atoms with Gasteiger partial charge in [0.2, 0.25) is 0 Å². The molecule has 20 heterocycles. The third-order valence-electron chi connectivity index (χ3n) is 25.1. The van der Waals surface area contributed by atoms with E-state index in [1.54, 1.807) is 103 Å². The van der Waals surface area contributed by atoms with Crippen molar-refractivity contribution in [3.8, 4) is 34.9 Å². The van der Waals surface area contributed by atoms with Gasteiger partial charge in [0.15, 0.2) is 34.9 Å². The van der Waals surface area contributed by atoms with Gasteiger partial charge < -0.3 is 28.9 Å². The summed E-state index contributed by atoms with van der Waals surface area (Å²) in [5.41, 5.74) is 12.4. The maximum absolute atomic E-state index is 5.29. The molecule has 790 valence electrons. The minimum atomic E-state index is 0.408. The quantitative estimate of drug-likeness (QED) is 0.0684. The molecule has 0 spiro atoms. The lowest BCUT2D eigenvalue weighted by molar-refractivity contribution is 0.122. The maximum atomic E-state index is 5.29. The first-order valence-electron chi connectivity index (χ1n) is 52.7. The van der Waals surface area contributed by atoms with Crippen molar-refractivity contribution < 1.29 is 4.74 Å². The van der Waals surface area contributed by atoms with Crippen molar-refractivity contribution in [3.05, 3.63) is 297 Å². The predicted molar refractivity (Wildman–Crippen MR) is 591 cm³/mol. The van der Waals surface area contributed by atoms with Gasteiger partial charge in [-0.2, -0.15) is 10.2 Å². The number of imidazole rings is 3. The number of aromatic nitrogens is 31. The highest BCUT2D eigenvalue weighted by Crippen LogP contribution is 2.28. The average Bonchev–Trinajstić information content (AvgIpc) is 0.927. The second-order valence-electron chi connectivity index (χ2n) is 40.6. The zero-order valence-corrected chi connectivity index (χ0v) is 92.3. The lowest BCUT2D eigenvalue weighted by atomic mass is 9.99. The number of aryl methyl sites for hydroxylation is 3. The van der Waals surface area contributed by atoms with Crippen LogP contribution in [0, 0.1) is 26.7 Å². The van der Waals surface area contributed by atoms with Crippen LogP contribution in [-0.2, 0) is 4.74 Å². The van der Waals surface area contributed by atoms with Crippen LogP contribution in [0.4, 0.5) is 23.3 Å². The van der Waals surface area contributed by atoms with Crippen molar-refractivity contribution in [1.29, 1.82) is 0 Å². The minimum Gasteiger partial charge on any atom is -0.378 e. The molecule has 16 aromatic rings. The van der Waals surface area contributed by atoms with E-state index in [-0.39, 0.29) is 0 Å². The molecular weight excluding hydrogens is 1860 g/mol. The normalized spacial score (nSPS) is 14.0. The summed E-state index contributed by atoms with van der Waals surface area (Å²) in [6.07, 6.45) is 70.9. The van der Waals surface area contributed by atoms with Crippen molar-refractivity contribution in [3.63, 3.8) is 0 Å².